The summed E-state index contributed by atoms with van der Waals surface area (Å²) >= 11 is 15.9. The van der Waals surface area contributed by atoms with Crippen molar-refractivity contribution in [1.82, 2.24) is 9.80 Å². The second-order valence-electron chi connectivity index (χ2n) is 19.6. The van der Waals surface area contributed by atoms with Crippen molar-refractivity contribution >= 4 is 163 Å². The maximum atomic E-state index is 14.4. The minimum absolute atomic E-state index is 0.236. The number of hydrogen-bond acceptors (Lipinski definition) is 4. The van der Waals surface area contributed by atoms with E-state index in [0.29, 0.717) is 46.1 Å². The molecule has 6 nitrogen and oxygen atoms in total. The van der Waals surface area contributed by atoms with Gasteiger partial charge in [-0.2, -0.15) is 0 Å². The van der Waals surface area contributed by atoms with E-state index in [4.69, 9.17) is 0 Å². The van der Waals surface area contributed by atoms with E-state index >= 15 is 0 Å². The summed E-state index contributed by atoms with van der Waals surface area (Å²) in [5.74, 6) is -0.944. The van der Waals surface area contributed by atoms with Crippen LogP contribution in [0.3, 0.4) is 0 Å². The van der Waals surface area contributed by atoms with Crippen LogP contribution in [0.5, 0.6) is 0 Å². The molecule has 0 aliphatic carbocycles. The summed E-state index contributed by atoms with van der Waals surface area (Å²) in [4.78, 5) is 60.5. The van der Waals surface area contributed by atoms with Crippen LogP contribution in [0.4, 0.5) is 0 Å². The maximum absolute atomic E-state index is 14.4. The van der Waals surface area contributed by atoms with Crippen molar-refractivity contribution in [2.45, 2.75) is 142 Å². The zero-order chi connectivity index (χ0) is 47.4. The summed E-state index contributed by atoms with van der Waals surface area (Å²) in [7, 11) is 0. The molecule has 0 fully saturated rings. The van der Waals surface area contributed by atoms with Gasteiger partial charge in [-0.3, -0.25) is 29.0 Å². The van der Waals surface area contributed by atoms with Crippen LogP contribution in [0.1, 0.15) is 184 Å². The molecule has 352 valence electrons. The number of imide groups is 2. The molecular formula is C58H58Br4N2O4. The van der Waals surface area contributed by atoms with Gasteiger partial charge in [0.2, 0.25) is 0 Å². The van der Waals surface area contributed by atoms with Gasteiger partial charge in [-0.15, -0.1) is 0 Å². The normalized spacial score (nSPS) is 14.2. The lowest BCUT2D eigenvalue weighted by molar-refractivity contribution is 0.0592. The standard InChI is InChI=1S/C58H58Br4N2O4/c1-3-5-7-9-11-13-15-17-19-21-27-63-55(65)37-29-41(59)49-33-23-25-35-46-36(26-24-34(45(33)46)50-42(60)30-38(56(63)66)47(37)53(49)50)52-44(62)32-40-48-39(31-43(61)51(35)54(48)52)57(67)64(58(40)68)28-22-20-18-16-14-12-10-8-6-4-2/h23-26,29-32H,3-22,27-28H2,1-2H3. The van der Waals surface area contributed by atoms with E-state index in [1.165, 1.54) is 99.7 Å². The molecule has 0 N–H and O–H groups in total. The number of rotatable bonds is 22. The zero-order valence-electron chi connectivity index (χ0n) is 39.2. The number of nitrogens with zero attached hydrogens (tertiary/aromatic N) is 2. The van der Waals surface area contributed by atoms with Crippen LogP contribution in [-0.4, -0.2) is 46.5 Å². The molecule has 4 amide bonds. The Morgan fingerprint density at radius 3 is 0.794 bits per heavy atom. The van der Waals surface area contributed by atoms with Gasteiger partial charge >= 0.3 is 0 Å². The third-order valence-electron chi connectivity index (χ3n) is 15.2. The second-order valence-corrected chi connectivity index (χ2v) is 23.0. The Balaban J connectivity index is 1.01. The number of hydrogen-bond donors (Lipinski definition) is 0. The molecule has 0 spiro atoms. The second kappa shape index (κ2) is 20.2. The van der Waals surface area contributed by atoms with E-state index in [1.54, 1.807) is 0 Å². The van der Waals surface area contributed by atoms with E-state index in [2.05, 4.69) is 102 Å². The number of carbonyl (C=O) groups is 4. The van der Waals surface area contributed by atoms with Crippen LogP contribution in [0.2, 0.25) is 0 Å². The Kier molecular flexibility index (Phi) is 14.2. The molecule has 2 aliphatic heterocycles. The highest BCUT2D eigenvalue weighted by molar-refractivity contribution is 9.11. The molecule has 8 aromatic rings. The van der Waals surface area contributed by atoms with Gasteiger partial charge in [0, 0.05) is 96.3 Å². The van der Waals surface area contributed by atoms with Crippen molar-refractivity contribution in [3.63, 3.8) is 0 Å². The van der Waals surface area contributed by atoms with Gasteiger partial charge in [-0.05, 0) is 69.4 Å². The highest BCUT2D eigenvalue weighted by atomic mass is 79.9. The number of amides is 4. The molecule has 0 radical (unpaired) electrons. The Morgan fingerprint density at radius 1 is 0.309 bits per heavy atom. The van der Waals surface area contributed by atoms with Gasteiger partial charge in [0.05, 0.1) is 0 Å². The quantitative estimate of drug-likeness (QED) is 0.0293. The molecule has 0 saturated heterocycles. The lowest BCUT2D eigenvalue weighted by atomic mass is 9.80. The summed E-state index contributed by atoms with van der Waals surface area (Å²) in [6, 6.07) is 16.4. The molecule has 0 unspecified atom stereocenters. The van der Waals surface area contributed by atoms with Crippen molar-refractivity contribution in [3.8, 4) is 0 Å². The average molecular weight is 1170 g/mol. The van der Waals surface area contributed by atoms with Crippen molar-refractivity contribution in [1.29, 1.82) is 0 Å². The van der Waals surface area contributed by atoms with Crippen LogP contribution in [0.15, 0.2) is 66.4 Å². The monoisotopic (exact) mass is 1160 g/mol. The van der Waals surface area contributed by atoms with Crippen molar-refractivity contribution in [3.05, 3.63) is 88.7 Å². The van der Waals surface area contributed by atoms with Crippen LogP contribution in [0.25, 0.3) is 75.4 Å². The van der Waals surface area contributed by atoms with Crippen LogP contribution in [0, 0.1) is 0 Å². The van der Waals surface area contributed by atoms with E-state index < -0.39 is 0 Å². The number of halogens is 4. The molecule has 8 aromatic carbocycles. The summed E-state index contributed by atoms with van der Waals surface area (Å²) in [5, 5.41) is 13.2. The maximum Gasteiger partial charge on any atom is 0.261 e. The summed E-state index contributed by atoms with van der Waals surface area (Å²) in [6.07, 6.45) is 23.7. The molecule has 10 rings (SSSR count). The first-order valence-corrected chi connectivity index (χ1v) is 28.6. The van der Waals surface area contributed by atoms with E-state index in [-0.39, 0.29) is 23.6 Å². The largest absolute Gasteiger partial charge is 0.274 e. The van der Waals surface area contributed by atoms with E-state index in [1.807, 2.05) is 24.3 Å². The van der Waals surface area contributed by atoms with Crippen LogP contribution in [-0.2, 0) is 0 Å². The summed E-state index contributed by atoms with van der Waals surface area (Å²) in [5.41, 5.74) is 2.20. The summed E-state index contributed by atoms with van der Waals surface area (Å²) < 4.78 is 3.20. The first-order valence-electron chi connectivity index (χ1n) is 25.4. The number of unbranched alkanes of at least 4 members (excludes halogenated alkanes) is 18. The highest BCUT2D eigenvalue weighted by Crippen LogP contribution is 2.54. The Bertz CT molecular complexity index is 2920. The van der Waals surface area contributed by atoms with Crippen molar-refractivity contribution < 1.29 is 19.2 Å². The molecule has 0 atom stereocenters. The van der Waals surface area contributed by atoms with Crippen molar-refractivity contribution in [2.75, 3.05) is 13.1 Å². The van der Waals surface area contributed by atoms with Gasteiger partial charge in [-0.25, -0.2) is 0 Å². The minimum Gasteiger partial charge on any atom is -0.274 e. The fraction of sp³-hybridized carbons (Fsp3) is 0.414. The van der Waals surface area contributed by atoms with E-state index in [0.717, 1.165) is 121 Å². The molecule has 2 heterocycles. The smallest absolute Gasteiger partial charge is 0.261 e. The minimum atomic E-state index is -0.236. The number of fused-ring (bicyclic) bond motifs is 4. The molecule has 2 aliphatic rings. The predicted molar refractivity (Wildman–Crippen MR) is 297 cm³/mol. The molecule has 0 bridgehead atoms. The first kappa shape index (κ1) is 48.0. The third-order valence-corrected chi connectivity index (χ3v) is 17.7. The first-order chi connectivity index (χ1) is 33.1. The van der Waals surface area contributed by atoms with Crippen LogP contribution < -0.4 is 0 Å². The molecule has 0 aromatic heterocycles. The SMILES string of the molecule is CCCCCCCCCCCCN1C(=O)c2cc(Br)c3c4ccc5c6c(Br)cc7c8c(cc(Br)c(c9ccc(c%10c(Br)cc(c2c3%10)C1=O)c4c59)c86)C(=O)N(CCCCCCCCCCCC)C7=O. The highest BCUT2D eigenvalue weighted by Gasteiger charge is 2.38. The van der Waals surface area contributed by atoms with Gasteiger partial charge in [-0.1, -0.05) is 217 Å². The Hall–Kier alpha value is -3.70. The van der Waals surface area contributed by atoms with Crippen LogP contribution >= 0.6 is 63.7 Å². The molecule has 10 heteroatoms. The topological polar surface area (TPSA) is 74.8 Å². The lowest BCUT2D eigenvalue weighted by Gasteiger charge is -2.30. The number of benzene rings is 8. The van der Waals surface area contributed by atoms with Gasteiger partial charge in [0.15, 0.2) is 0 Å². The van der Waals surface area contributed by atoms with Crippen molar-refractivity contribution in [2.24, 2.45) is 0 Å². The Morgan fingerprint density at radius 2 is 0.544 bits per heavy atom. The van der Waals surface area contributed by atoms with Gasteiger partial charge in [0.25, 0.3) is 23.6 Å². The Labute approximate surface area is 432 Å². The fourth-order valence-corrected chi connectivity index (χ4v) is 14.4. The fourth-order valence-electron chi connectivity index (χ4n) is 11.9. The van der Waals surface area contributed by atoms with E-state index in [9.17, 15) is 19.2 Å². The van der Waals surface area contributed by atoms with Gasteiger partial charge < -0.3 is 0 Å². The third kappa shape index (κ3) is 8.07. The summed E-state index contributed by atoms with van der Waals surface area (Å²) in [6.45, 7) is 5.31. The molecule has 0 saturated carbocycles. The average Bonchev–Trinajstić information content (AvgIpc) is 3.33. The lowest BCUT2D eigenvalue weighted by Crippen LogP contribution is -2.41. The number of carbonyl (C=O) groups excluding carboxylic acids is 4. The predicted octanol–water partition coefficient (Wildman–Crippen LogP) is 18.7. The molecule has 68 heavy (non-hydrogen) atoms. The van der Waals surface area contributed by atoms with Gasteiger partial charge in [0.1, 0.15) is 0 Å². The zero-order valence-corrected chi connectivity index (χ0v) is 45.6. The molecular weight excluding hydrogens is 1110 g/mol.